The topological polar surface area (TPSA) is 75.6 Å². The molecule has 1 fully saturated rings. The van der Waals surface area contributed by atoms with E-state index < -0.39 is 30.0 Å². The molecule has 21 heavy (non-hydrogen) atoms. The summed E-state index contributed by atoms with van der Waals surface area (Å²) in [4.78, 5) is 23.8. The third kappa shape index (κ3) is 2.49. The monoisotopic (exact) mass is 351 g/mol. The van der Waals surface area contributed by atoms with Crippen molar-refractivity contribution in [2.24, 2.45) is 11.8 Å². The lowest BCUT2D eigenvalue weighted by Crippen LogP contribution is -2.39. The van der Waals surface area contributed by atoms with Crippen LogP contribution >= 0.6 is 15.9 Å². The molecule has 2 aliphatic rings. The number of aryl methyl sites for hydroxylation is 1. The van der Waals surface area contributed by atoms with Gasteiger partial charge in [-0.3, -0.25) is 9.59 Å². The molecule has 0 saturated carbocycles. The first kappa shape index (κ1) is 14.3. The van der Waals surface area contributed by atoms with Gasteiger partial charge in [0.05, 0.1) is 23.8 Å². The highest BCUT2D eigenvalue weighted by Crippen LogP contribution is 2.40. The average Bonchev–Trinajstić information content (AvgIpc) is 3.02. The van der Waals surface area contributed by atoms with E-state index in [1.165, 1.54) is 0 Å². The van der Waals surface area contributed by atoms with Crippen LogP contribution < -0.4 is 5.32 Å². The fraction of sp³-hybridized carbons (Fsp3) is 0.333. The van der Waals surface area contributed by atoms with Gasteiger partial charge < -0.3 is 15.2 Å². The fourth-order valence-electron chi connectivity index (χ4n) is 2.85. The van der Waals surface area contributed by atoms with E-state index in [2.05, 4.69) is 21.2 Å². The number of carboxylic acid groups (broad SMARTS) is 1. The number of carbonyl (C=O) groups is 2. The minimum atomic E-state index is -1.00. The molecule has 4 atom stereocenters. The predicted molar refractivity (Wildman–Crippen MR) is 79.9 cm³/mol. The maximum absolute atomic E-state index is 12.4. The zero-order valence-corrected chi connectivity index (χ0v) is 12.8. The molecule has 3 rings (SSSR count). The van der Waals surface area contributed by atoms with Crippen LogP contribution in [0, 0.1) is 18.8 Å². The number of hydrogen-bond donors (Lipinski definition) is 2. The van der Waals surface area contributed by atoms with E-state index in [-0.39, 0.29) is 5.91 Å². The molecule has 6 heteroatoms. The molecule has 5 nitrogen and oxygen atoms in total. The number of carbonyl (C=O) groups excluding carboxylic acids is 1. The van der Waals surface area contributed by atoms with Gasteiger partial charge in [0.15, 0.2) is 0 Å². The van der Waals surface area contributed by atoms with Crippen LogP contribution in [0.1, 0.15) is 5.56 Å². The van der Waals surface area contributed by atoms with Gasteiger partial charge >= 0.3 is 5.97 Å². The van der Waals surface area contributed by atoms with Crippen molar-refractivity contribution in [3.63, 3.8) is 0 Å². The van der Waals surface area contributed by atoms with E-state index in [0.717, 1.165) is 10.0 Å². The Bertz CT molecular complexity index is 643. The van der Waals surface area contributed by atoms with Crippen LogP contribution in [0.25, 0.3) is 0 Å². The van der Waals surface area contributed by atoms with Crippen LogP contribution in [0.5, 0.6) is 0 Å². The second-order valence-corrected chi connectivity index (χ2v) is 6.17. The first-order valence-electron chi connectivity index (χ1n) is 6.61. The number of aliphatic carboxylic acids is 1. The predicted octanol–water partition coefficient (Wildman–Crippen LogP) is 2.35. The number of amides is 1. The van der Waals surface area contributed by atoms with Gasteiger partial charge in [0, 0.05) is 4.47 Å². The number of hydrogen-bond acceptors (Lipinski definition) is 3. The van der Waals surface area contributed by atoms with Crippen molar-refractivity contribution in [1.29, 1.82) is 0 Å². The smallest absolute Gasteiger partial charge is 0.310 e. The summed E-state index contributed by atoms with van der Waals surface area (Å²) in [5.74, 6) is -2.87. The summed E-state index contributed by atoms with van der Waals surface area (Å²) >= 11 is 3.39. The third-order valence-electron chi connectivity index (χ3n) is 3.87. The molecular formula is C15H14BrNO4. The van der Waals surface area contributed by atoms with Crippen molar-refractivity contribution in [3.05, 3.63) is 40.4 Å². The summed E-state index contributed by atoms with van der Waals surface area (Å²) in [5, 5.41) is 12.1. The van der Waals surface area contributed by atoms with Crippen LogP contribution in [0.15, 0.2) is 34.8 Å². The molecule has 1 amide bonds. The lowest BCUT2D eigenvalue weighted by atomic mass is 9.82. The van der Waals surface area contributed by atoms with Crippen molar-refractivity contribution in [2.45, 2.75) is 19.1 Å². The highest BCUT2D eigenvalue weighted by molar-refractivity contribution is 9.10. The lowest BCUT2D eigenvalue weighted by Gasteiger charge is -2.21. The van der Waals surface area contributed by atoms with E-state index in [0.29, 0.717) is 5.69 Å². The number of fused-ring (bicyclic) bond motifs is 2. The molecule has 110 valence electrons. The van der Waals surface area contributed by atoms with Crippen molar-refractivity contribution in [1.82, 2.24) is 0 Å². The Kier molecular flexibility index (Phi) is 3.59. The lowest BCUT2D eigenvalue weighted by molar-refractivity contribution is -0.145. The maximum Gasteiger partial charge on any atom is 0.310 e. The molecule has 2 aliphatic heterocycles. The first-order chi connectivity index (χ1) is 9.97. The number of anilines is 1. The van der Waals surface area contributed by atoms with Crippen molar-refractivity contribution < 1.29 is 19.4 Å². The first-order valence-corrected chi connectivity index (χ1v) is 7.40. The summed E-state index contributed by atoms with van der Waals surface area (Å²) in [6, 6.07) is 5.56. The molecule has 1 saturated heterocycles. The summed E-state index contributed by atoms with van der Waals surface area (Å²) in [5.41, 5.74) is 1.69. The number of halogens is 1. The zero-order valence-electron chi connectivity index (χ0n) is 11.2. The van der Waals surface area contributed by atoms with Gasteiger partial charge in [-0.1, -0.05) is 18.2 Å². The molecule has 0 aromatic heterocycles. The maximum atomic E-state index is 12.4. The van der Waals surface area contributed by atoms with Gasteiger partial charge in [0.2, 0.25) is 5.91 Å². The number of carboxylic acids is 1. The summed E-state index contributed by atoms with van der Waals surface area (Å²) in [6.07, 6.45) is 2.51. The Balaban J connectivity index is 1.82. The van der Waals surface area contributed by atoms with E-state index in [1.807, 2.05) is 19.1 Å². The highest BCUT2D eigenvalue weighted by Gasteiger charge is 2.53. The van der Waals surface area contributed by atoms with E-state index in [4.69, 9.17) is 4.74 Å². The summed E-state index contributed by atoms with van der Waals surface area (Å²) in [6.45, 7) is 1.95. The Labute approximate surface area is 130 Å². The van der Waals surface area contributed by atoms with Gasteiger partial charge in [-0.2, -0.15) is 0 Å². The molecule has 2 bridgehead atoms. The Morgan fingerprint density at radius 2 is 1.90 bits per heavy atom. The highest BCUT2D eigenvalue weighted by atomic mass is 79.9. The van der Waals surface area contributed by atoms with Gasteiger partial charge in [0.1, 0.15) is 5.92 Å². The standard InChI is InChI=1S/C15H14BrNO4/c1-7-2-3-9(8(16)6-7)17-14(18)12-10-4-5-11(21-10)13(12)15(19)20/h2-6,10-13H,1H3,(H,17,18)(H,19,20)/t10-,11+,12-,13+/m1/s1. The summed E-state index contributed by atoms with van der Waals surface area (Å²) in [7, 11) is 0. The van der Waals surface area contributed by atoms with Crippen molar-refractivity contribution >= 4 is 33.5 Å². The molecule has 0 aliphatic carbocycles. The second-order valence-electron chi connectivity index (χ2n) is 5.31. The Morgan fingerprint density at radius 3 is 2.52 bits per heavy atom. The molecule has 0 spiro atoms. The van der Waals surface area contributed by atoms with Crippen LogP contribution in [0.3, 0.4) is 0 Å². The SMILES string of the molecule is Cc1ccc(NC(=O)[C@H]2[C@@H](C(=O)O)[C@@H]3C=C[C@H]2O3)c(Br)c1. The molecule has 1 aromatic carbocycles. The average molecular weight is 352 g/mol. The van der Waals surface area contributed by atoms with E-state index in [9.17, 15) is 14.7 Å². The second kappa shape index (κ2) is 5.27. The van der Waals surface area contributed by atoms with Crippen LogP contribution in [-0.4, -0.2) is 29.2 Å². The van der Waals surface area contributed by atoms with Gasteiger partial charge in [-0.15, -0.1) is 0 Å². The number of rotatable bonds is 3. The van der Waals surface area contributed by atoms with Crippen molar-refractivity contribution in [3.8, 4) is 0 Å². The van der Waals surface area contributed by atoms with E-state index in [1.54, 1.807) is 18.2 Å². The molecular weight excluding hydrogens is 338 g/mol. The Morgan fingerprint density at radius 1 is 1.24 bits per heavy atom. The zero-order chi connectivity index (χ0) is 15.1. The molecule has 2 heterocycles. The van der Waals surface area contributed by atoms with Gasteiger partial charge in [0.25, 0.3) is 0 Å². The fourth-order valence-corrected chi connectivity index (χ4v) is 3.44. The minimum absolute atomic E-state index is 0.330. The molecule has 2 N–H and O–H groups in total. The van der Waals surface area contributed by atoms with Crippen LogP contribution in [0.2, 0.25) is 0 Å². The van der Waals surface area contributed by atoms with Gasteiger partial charge in [-0.25, -0.2) is 0 Å². The van der Waals surface area contributed by atoms with Crippen LogP contribution in [0.4, 0.5) is 5.69 Å². The largest absolute Gasteiger partial charge is 0.481 e. The van der Waals surface area contributed by atoms with E-state index >= 15 is 0 Å². The minimum Gasteiger partial charge on any atom is -0.481 e. The van der Waals surface area contributed by atoms with Crippen molar-refractivity contribution in [2.75, 3.05) is 5.32 Å². The summed E-state index contributed by atoms with van der Waals surface area (Å²) < 4.78 is 6.27. The quantitative estimate of drug-likeness (QED) is 0.819. The molecule has 0 unspecified atom stereocenters. The van der Waals surface area contributed by atoms with Crippen LogP contribution in [-0.2, 0) is 14.3 Å². The normalized spacial score (nSPS) is 29.6. The van der Waals surface area contributed by atoms with Gasteiger partial charge in [-0.05, 0) is 40.5 Å². The molecule has 0 radical (unpaired) electrons. The third-order valence-corrected chi connectivity index (χ3v) is 4.53. The molecule has 1 aromatic rings. The Hall–Kier alpha value is -1.66. The number of ether oxygens (including phenoxy) is 1. The number of benzene rings is 1. The number of nitrogens with one attached hydrogen (secondary N) is 1.